The van der Waals surface area contributed by atoms with Crippen LogP contribution < -0.4 is 4.74 Å². The number of hydrogen-bond donors (Lipinski definition) is 2. The van der Waals surface area contributed by atoms with Crippen molar-refractivity contribution in [3.05, 3.63) is 54.2 Å². The highest BCUT2D eigenvalue weighted by Gasteiger charge is 2.24. The van der Waals surface area contributed by atoms with Crippen LogP contribution in [-0.2, 0) is 4.79 Å². The molecule has 1 unspecified atom stereocenters. The van der Waals surface area contributed by atoms with Gasteiger partial charge in [-0.15, -0.1) is 0 Å². The lowest BCUT2D eigenvalue weighted by molar-refractivity contribution is -0.137. The third kappa shape index (κ3) is 9.91. The molecule has 1 aliphatic rings. The van der Waals surface area contributed by atoms with E-state index in [0.717, 1.165) is 38.0 Å². The number of carbonyl (C=O) groups is 1. The van der Waals surface area contributed by atoms with E-state index in [9.17, 15) is 4.79 Å². The maximum Gasteiger partial charge on any atom is 0.303 e. The predicted molar refractivity (Wildman–Crippen MR) is 164 cm³/mol. The first-order valence-electron chi connectivity index (χ1n) is 14.9. The van der Waals surface area contributed by atoms with Crippen molar-refractivity contribution < 1.29 is 14.6 Å². The van der Waals surface area contributed by atoms with Gasteiger partial charge in [0.05, 0.1) is 6.61 Å². The molecule has 0 bridgehead atoms. The van der Waals surface area contributed by atoms with Gasteiger partial charge in [0.25, 0.3) is 0 Å². The predicted octanol–water partition coefficient (Wildman–Crippen LogP) is 9.13. The average molecular weight is 553 g/mol. The van der Waals surface area contributed by atoms with Gasteiger partial charge < -0.3 is 19.7 Å². The molecule has 4 rings (SSSR count). The number of nitrogens with zero attached hydrogens (tertiary/aromatic N) is 1. The Morgan fingerprint density at radius 1 is 1.03 bits per heavy atom. The molecule has 3 aromatic rings. The monoisotopic (exact) mass is 552 g/mol. The molecule has 0 radical (unpaired) electrons. The molecular formula is C33H48N2O3S. The average Bonchev–Trinajstić information content (AvgIpc) is 3.38. The van der Waals surface area contributed by atoms with E-state index < -0.39 is 5.97 Å². The van der Waals surface area contributed by atoms with E-state index in [1.54, 1.807) is 0 Å². The van der Waals surface area contributed by atoms with E-state index in [4.69, 9.17) is 9.84 Å². The number of H-pyrrole nitrogens is 1. The SMILES string of the molecule is CCCCCCC(=O)O.CCCOc1ccc(Sc2ccc3[nH]cc(C4CCN(C(C)CC)CC4)c3c2)cc1. The topological polar surface area (TPSA) is 65.6 Å². The molecule has 2 heterocycles. The molecule has 2 aromatic carbocycles. The van der Waals surface area contributed by atoms with Gasteiger partial charge in [0.1, 0.15) is 5.75 Å². The lowest BCUT2D eigenvalue weighted by atomic mass is 9.88. The smallest absolute Gasteiger partial charge is 0.303 e. The van der Waals surface area contributed by atoms with Crippen LogP contribution in [0.4, 0.5) is 0 Å². The molecule has 0 amide bonds. The maximum atomic E-state index is 9.96. The lowest BCUT2D eigenvalue weighted by Gasteiger charge is -2.35. The molecule has 1 aromatic heterocycles. The van der Waals surface area contributed by atoms with E-state index in [1.807, 2.05) is 11.8 Å². The Balaban J connectivity index is 0.000000403. The van der Waals surface area contributed by atoms with E-state index >= 15 is 0 Å². The molecule has 1 aliphatic heterocycles. The van der Waals surface area contributed by atoms with Crippen molar-refractivity contribution in [2.45, 2.75) is 107 Å². The molecule has 214 valence electrons. The number of piperidine rings is 1. The van der Waals surface area contributed by atoms with Crippen LogP contribution in [0.2, 0.25) is 0 Å². The molecule has 2 N–H and O–H groups in total. The van der Waals surface area contributed by atoms with Gasteiger partial charge in [-0.3, -0.25) is 4.79 Å². The summed E-state index contributed by atoms with van der Waals surface area (Å²) in [7, 11) is 0. The molecule has 6 heteroatoms. The first kappa shape index (κ1) is 31.1. The summed E-state index contributed by atoms with van der Waals surface area (Å²) >= 11 is 1.82. The second kappa shape index (κ2) is 16.6. The second-order valence-electron chi connectivity index (χ2n) is 10.6. The van der Waals surface area contributed by atoms with Gasteiger partial charge in [-0.05, 0) is 106 Å². The van der Waals surface area contributed by atoms with Gasteiger partial charge >= 0.3 is 5.97 Å². The minimum atomic E-state index is -0.675. The van der Waals surface area contributed by atoms with Gasteiger partial charge in [-0.1, -0.05) is 51.8 Å². The number of carboxylic acids is 1. The zero-order valence-corrected chi connectivity index (χ0v) is 25.2. The van der Waals surface area contributed by atoms with Crippen molar-refractivity contribution in [3.8, 4) is 5.75 Å². The van der Waals surface area contributed by atoms with E-state index in [-0.39, 0.29) is 0 Å². The quantitative estimate of drug-likeness (QED) is 0.207. The molecular weight excluding hydrogens is 504 g/mol. The molecule has 39 heavy (non-hydrogen) atoms. The zero-order valence-electron chi connectivity index (χ0n) is 24.4. The fourth-order valence-electron chi connectivity index (χ4n) is 5.09. The van der Waals surface area contributed by atoms with Crippen LogP contribution in [-0.4, -0.2) is 46.7 Å². The van der Waals surface area contributed by atoms with Crippen LogP contribution in [0.3, 0.4) is 0 Å². The number of hydrogen-bond acceptors (Lipinski definition) is 4. The lowest BCUT2D eigenvalue weighted by Crippen LogP contribution is -2.39. The summed E-state index contributed by atoms with van der Waals surface area (Å²) in [5.74, 6) is 0.939. The van der Waals surface area contributed by atoms with Gasteiger partial charge in [0.2, 0.25) is 0 Å². The Morgan fingerprint density at radius 2 is 1.74 bits per heavy atom. The summed E-state index contributed by atoms with van der Waals surface area (Å²) in [6.45, 7) is 12.1. The Hall–Kier alpha value is -2.44. The second-order valence-corrected chi connectivity index (χ2v) is 11.8. The number of aromatic amines is 1. The van der Waals surface area contributed by atoms with Crippen molar-refractivity contribution in [1.82, 2.24) is 9.88 Å². The fourth-order valence-corrected chi connectivity index (χ4v) is 5.95. The Labute approximate surface area is 239 Å². The standard InChI is InChI=1S/C26H34N2OS.C7H14O2/c1-4-16-29-21-6-8-22(9-7-21)30-23-10-11-26-24(17-23)25(18-27-26)20-12-14-28(15-13-20)19(3)5-2;1-2-3-4-5-6-7(8)9/h6-11,17-20,27H,4-5,12-16H2,1-3H3;2-6H2,1H3,(H,8,9). The van der Waals surface area contributed by atoms with Crippen LogP contribution in [0, 0.1) is 0 Å². The number of nitrogens with one attached hydrogen (secondary N) is 1. The number of fused-ring (bicyclic) bond motifs is 1. The highest BCUT2D eigenvalue weighted by molar-refractivity contribution is 7.99. The zero-order chi connectivity index (χ0) is 28.0. The third-order valence-corrected chi connectivity index (χ3v) is 8.64. The highest BCUT2D eigenvalue weighted by Crippen LogP contribution is 2.37. The summed E-state index contributed by atoms with van der Waals surface area (Å²) in [5.41, 5.74) is 2.75. The summed E-state index contributed by atoms with van der Waals surface area (Å²) < 4.78 is 5.70. The van der Waals surface area contributed by atoms with Gasteiger partial charge in [0.15, 0.2) is 0 Å². The molecule has 1 saturated heterocycles. The van der Waals surface area contributed by atoms with Crippen LogP contribution in [0.5, 0.6) is 5.75 Å². The Morgan fingerprint density at radius 3 is 2.38 bits per heavy atom. The minimum absolute atomic E-state index is 0.333. The van der Waals surface area contributed by atoms with Gasteiger partial charge in [-0.25, -0.2) is 0 Å². The normalized spacial score (nSPS) is 15.1. The Bertz CT molecular complexity index is 1120. The molecule has 1 fully saturated rings. The number of unbranched alkanes of at least 4 members (excludes halogenated alkanes) is 3. The molecule has 5 nitrogen and oxygen atoms in total. The number of rotatable bonds is 13. The first-order valence-corrected chi connectivity index (χ1v) is 15.7. The summed E-state index contributed by atoms with van der Waals surface area (Å²) in [4.78, 5) is 18.7. The van der Waals surface area contributed by atoms with E-state index in [2.05, 4.69) is 86.2 Å². The Kier molecular flexibility index (Phi) is 13.2. The summed E-state index contributed by atoms with van der Waals surface area (Å²) in [5, 5.41) is 9.61. The molecule has 0 saturated carbocycles. The van der Waals surface area contributed by atoms with Crippen LogP contribution in [0.1, 0.15) is 97.0 Å². The van der Waals surface area contributed by atoms with E-state index in [0.29, 0.717) is 18.4 Å². The van der Waals surface area contributed by atoms with Gasteiger partial charge in [0, 0.05) is 39.4 Å². The number of likely N-dealkylation sites (tertiary alicyclic amines) is 1. The number of carboxylic acid groups (broad SMARTS) is 1. The number of aliphatic carboxylic acids is 1. The van der Waals surface area contributed by atoms with Crippen molar-refractivity contribution >= 4 is 28.6 Å². The van der Waals surface area contributed by atoms with Crippen LogP contribution in [0.25, 0.3) is 10.9 Å². The molecule has 1 atom stereocenters. The summed E-state index contributed by atoms with van der Waals surface area (Å²) in [6.07, 6.45) is 11.6. The summed E-state index contributed by atoms with van der Waals surface area (Å²) in [6, 6.07) is 16.0. The van der Waals surface area contributed by atoms with Crippen molar-refractivity contribution in [2.75, 3.05) is 19.7 Å². The van der Waals surface area contributed by atoms with Crippen molar-refractivity contribution in [1.29, 1.82) is 0 Å². The van der Waals surface area contributed by atoms with E-state index in [1.165, 1.54) is 65.0 Å². The fraction of sp³-hybridized carbons (Fsp3) is 0.545. The minimum Gasteiger partial charge on any atom is -0.494 e. The number of benzene rings is 2. The third-order valence-electron chi connectivity index (χ3n) is 7.65. The largest absolute Gasteiger partial charge is 0.494 e. The van der Waals surface area contributed by atoms with Gasteiger partial charge in [-0.2, -0.15) is 0 Å². The van der Waals surface area contributed by atoms with Crippen LogP contribution >= 0.6 is 11.8 Å². The molecule has 0 spiro atoms. The maximum absolute atomic E-state index is 9.96. The first-order chi connectivity index (χ1) is 18.9. The number of ether oxygens (including phenoxy) is 1. The van der Waals surface area contributed by atoms with Crippen molar-refractivity contribution in [3.63, 3.8) is 0 Å². The number of aromatic nitrogens is 1. The van der Waals surface area contributed by atoms with Crippen molar-refractivity contribution in [2.24, 2.45) is 0 Å². The molecule has 0 aliphatic carbocycles. The van der Waals surface area contributed by atoms with Crippen LogP contribution in [0.15, 0.2) is 58.5 Å². The highest BCUT2D eigenvalue weighted by atomic mass is 32.2.